The van der Waals surface area contributed by atoms with Crippen LogP contribution in [0.5, 0.6) is 23.0 Å². The number of hydrogen-bond acceptors (Lipinski definition) is 14. The molecular formula is C27H32O14. The zero-order chi connectivity index (χ0) is 29.6. The first-order valence-corrected chi connectivity index (χ1v) is 13.0. The Labute approximate surface area is 233 Å². The quantitative estimate of drug-likeness (QED) is 0.202. The molecule has 0 unspecified atom stereocenters. The molecule has 11 atom stereocenters. The zero-order valence-corrected chi connectivity index (χ0v) is 21.8. The minimum absolute atomic E-state index is 0.0149. The average molecular weight is 581 g/mol. The van der Waals surface area contributed by atoms with Gasteiger partial charge in [0, 0.05) is 12.1 Å². The highest BCUT2D eigenvalue weighted by atomic mass is 16.8. The van der Waals surface area contributed by atoms with Gasteiger partial charge in [-0.3, -0.25) is 4.79 Å². The lowest BCUT2D eigenvalue weighted by Crippen LogP contribution is -2.64. The summed E-state index contributed by atoms with van der Waals surface area (Å²) in [6.07, 6.45) is -16.0. The molecule has 0 bridgehead atoms. The molecule has 14 heteroatoms. The van der Waals surface area contributed by atoms with Gasteiger partial charge in [-0.2, -0.15) is 0 Å². The van der Waals surface area contributed by atoms with Gasteiger partial charge < -0.3 is 64.5 Å². The van der Waals surface area contributed by atoms with E-state index in [4.69, 9.17) is 23.7 Å². The lowest BCUT2D eigenvalue weighted by molar-refractivity contribution is -0.354. The number of aliphatic hydroxyl groups is 6. The van der Waals surface area contributed by atoms with E-state index in [1.54, 1.807) is 12.1 Å². The van der Waals surface area contributed by atoms with Crippen molar-refractivity contribution in [3.05, 3.63) is 47.5 Å². The van der Waals surface area contributed by atoms with Gasteiger partial charge in [0.1, 0.15) is 71.3 Å². The standard InChI is InChI=1S/C27H32O14/c1-10-20(32)22(34)24(36)26(37-10)41-25-23(35)21(33)18(9-28)40-27(25)38-13-6-14(30)19-15(31)8-16(39-17(19)7-13)11-2-4-12(29)5-3-11/h2-7,10,16,18,20-30,32-36H,8-9H2,1H3/t10-,16-,18+,20-,21-,22+,23+,24+,25+,26+,27-/m0/s1. The lowest BCUT2D eigenvalue weighted by Gasteiger charge is -2.45. The normalized spacial score (nSPS) is 37.2. The number of carbonyl (C=O) groups is 1. The van der Waals surface area contributed by atoms with E-state index < -0.39 is 85.7 Å². The Morgan fingerprint density at radius 3 is 2.27 bits per heavy atom. The van der Waals surface area contributed by atoms with Crippen molar-refractivity contribution < 1.29 is 69.3 Å². The first-order chi connectivity index (χ1) is 19.5. The number of Topliss-reactive ketones (excluding diaryl/α,β-unsaturated/α-hetero) is 1. The number of ketones is 1. The molecular weight excluding hydrogens is 548 g/mol. The molecule has 3 aliphatic rings. The molecule has 0 radical (unpaired) electrons. The summed E-state index contributed by atoms with van der Waals surface area (Å²) in [7, 11) is 0. The van der Waals surface area contributed by atoms with Crippen molar-refractivity contribution in [1.82, 2.24) is 0 Å². The largest absolute Gasteiger partial charge is 0.508 e. The van der Waals surface area contributed by atoms with E-state index in [1.165, 1.54) is 25.1 Å². The van der Waals surface area contributed by atoms with Crippen molar-refractivity contribution in [3.8, 4) is 23.0 Å². The monoisotopic (exact) mass is 580 g/mol. The summed E-state index contributed by atoms with van der Waals surface area (Å²) < 4.78 is 28.6. The van der Waals surface area contributed by atoms with Crippen molar-refractivity contribution in [3.63, 3.8) is 0 Å². The number of phenols is 2. The number of ether oxygens (including phenoxy) is 5. The average Bonchev–Trinajstić information content (AvgIpc) is 2.94. The second-order valence-corrected chi connectivity index (χ2v) is 10.2. The van der Waals surface area contributed by atoms with Crippen LogP contribution in [0.1, 0.15) is 35.4 Å². The van der Waals surface area contributed by atoms with Crippen molar-refractivity contribution in [2.45, 2.75) is 80.9 Å². The van der Waals surface area contributed by atoms with Crippen LogP contribution in [-0.2, 0) is 14.2 Å². The number of fused-ring (bicyclic) bond motifs is 1. The van der Waals surface area contributed by atoms with Crippen molar-refractivity contribution in [1.29, 1.82) is 0 Å². The Bertz CT molecular complexity index is 1240. The number of carbonyl (C=O) groups excluding carboxylic acids is 1. The molecule has 41 heavy (non-hydrogen) atoms. The smallest absolute Gasteiger partial charge is 0.229 e. The molecule has 0 amide bonds. The van der Waals surface area contributed by atoms with Gasteiger partial charge in [0.2, 0.25) is 6.29 Å². The maximum absolute atomic E-state index is 12.9. The second kappa shape index (κ2) is 11.7. The summed E-state index contributed by atoms with van der Waals surface area (Å²) in [6, 6.07) is 8.50. The molecule has 5 rings (SSSR count). The van der Waals surface area contributed by atoms with Gasteiger partial charge >= 0.3 is 0 Å². The van der Waals surface area contributed by atoms with E-state index in [0.717, 1.165) is 6.07 Å². The van der Waals surface area contributed by atoms with Crippen LogP contribution in [0.2, 0.25) is 0 Å². The van der Waals surface area contributed by atoms with Gasteiger partial charge in [-0.05, 0) is 24.6 Å². The molecule has 8 N–H and O–H groups in total. The van der Waals surface area contributed by atoms with Crippen molar-refractivity contribution in [2.75, 3.05) is 6.61 Å². The van der Waals surface area contributed by atoms with Crippen LogP contribution in [0.15, 0.2) is 36.4 Å². The third-order valence-electron chi connectivity index (χ3n) is 7.42. The number of hydrogen-bond donors (Lipinski definition) is 8. The second-order valence-electron chi connectivity index (χ2n) is 10.2. The highest BCUT2D eigenvalue weighted by Crippen LogP contribution is 2.43. The van der Waals surface area contributed by atoms with Crippen molar-refractivity contribution >= 4 is 5.78 Å². The minimum atomic E-state index is -1.75. The van der Waals surface area contributed by atoms with Crippen molar-refractivity contribution in [2.24, 2.45) is 0 Å². The van der Waals surface area contributed by atoms with Crippen LogP contribution >= 0.6 is 0 Å². The Kier molecular flexibility index (Phi) is 8.39. The van der Waals surface area contributed by atoms with E-state index in [1.807, 2.05) is 0 Å². The highest BCUT2D eigenvalue weighted by Gasteiger charge is 2.51. The van der Waals surface area contributed by atoms with E-state index in [2.05, 4.69) is 0 Å². The molecule has 0 aliphatic carbocycles. The van der Waals surface area contributed by atoms with Crippen LogP contribution < -0.4 is 9.47 Å². The molecule has 0 saturated carbocycles. The predicted molar refractivity (Wildman–Crippen MR) is 134 cm³/mol. The van der Waals surface area contributed by atoms with Gasteiger partial charge in [0.25, 0.3) is 0 Å². The summed E-state index contributed by atoms with van der Waals surface area (Å²) in [5, 5.41) is 81.6. The number of aromatic hydroxyl groups is 2. The molecule has 3 heterocycles. The summed E-state index contributed by atoms with van der Waals surface area (Å²) >= 11 is 0. The molecule has 2 aromatic rings. The SMILES string of the molecule is C[C@@H]1O[C@H](O[C@H]2[C@@H](Oc3cc(O)c4c(c3)O[C@H](c3ccc(O)cc3)CC4=O)O[C@H](CO)[C@H](O)[C@H]2O)[C@H](O)[C@H](O)[C@H]1O. The van der Waals surface area contributed by atoms with E-state index in [9.17, 15) is 45.6 Å². The number of benzene rings is 2. The van der Waals surface area contributed by atoms with Crippen LogP contribution in [0, 0.1) is 0 Å². The first-order valence-electron chi connectivity index (χ1n) is 13.0. The van der Waals surface area contributed by atoms with Gasteiger partial charge in [0.05, 0.1) is 19.1 Å². The van der Waals surface area contributed by atoms with Crippen LogP contribution in [0.4, 0.5) is 0 Å². The Hall–Kier alpha value is -3.05. The maximum Gasteiger partial charge on any atom is 0.229 e. The first kappa shape index (κ1) is 29.4. The molecule has 3 aliphatic heterocycles. The Morgan fingerprint density at radius 2 is 1.59 bits per heavy atom. The third-order valence-corrected chi connectivity index (χ3v) is 7.42. The fraction of sp³-hybridized carbons (Fsp3) is 0.519. The number of phenolic OH excluding ortho intramolecular Hbond substituents is 2. The van der Waals surface area contributed by atoms with Gasteiger partial charge in [-0.15, -0.1) is 0 Å². The topological polar surface area (TPSA) is 225 Å². The highest BCUT2D eigenvalue weighted by molar-refractivity contribution is 6.02. The summed E-state index contributed by atoms with van der Waals surface area (Å²) in [5.74, 6) is -0.947. The molecule has 0 spiro atoms. The Morgan fingerprint density at radius 1 is 0.878 bits per heavy atom. The van der Waals surface area contributed by atoms with Crippen LogP contribution in [0.25, 0.3) is 0 Å². The maximum atomic E-state index is 12.9. The van der Waals surface area contributed by atoms with Gasteiger partial charge in [-0.1, -0.05) is 12.1 Å². The van der Waals surface area contributed by atoms with Gasteiger partial charge in [-0.25, -0.2) is 0 Å². The fourth-order valence-corrected chi connectivity index (χ4v) is 5.07. The molecule has 2 saturated heterocycles. The zero-order valence-electron chi connectivity index (χ0n) is 21.8. The summed E-state index contributed by atoms with van der Waals surface area (Å²) in [5.41, 5.74) is 0.529. The molecule has 224 valence electrons. The Balaban J connectivity index is 1.41. The summed E-state index contributed by atoms with van der Waals surface area (Å²) in [4.78, 5) is 12.9. The van der Waals surface area contributed by atoms with E-state index in [0.29, 0.717) is 5.56 Å². The molecule has 2 aromatic carbocycles. The summed E-state index contributed by atoms with van der Waals surface area (Å²) in [6.45, 7) is 0.716. The number of aliphatic hydroxyl groups excluding tert-OH is 6. The van der Waals surface area contributed by atoms with Crippen LogP contribution in [-0.4, -0.2) is 115 Å². The molecule has 0 aromatic heterocycles. The van der Waals surface area contributed by atoms with Crippen LogP contribution in [0.3, 0.4) is 0 Å². The predicted octanol–water partition coefficient (Wildman–Crippen LogP) is -1.17. The van der Waals surface area contributed by atoms with Gasteiger partial charge in [0.15, 0.2) is 18.2 Å². The molecule has 2 fully saturated rings. The molecule has 14 nitrogen and oxygen atoms in total. The van der Waals surface area contributed by atoms with E-state index >= 15 is 0 Å². The third kappa shape index (κ3) is 5.70. The van der Waals surface area contributed by atoms with E-state index in [-0.39, 0.29) is 29.2 Å². The lowest BCUT2D eigenvalue weighted by atomic mass is 9.95. The minimum Gasteiger partial charge on any atom is -0.508 e. The fourth-order valence-electron chi connectivity index (χ4n) is 5.07. The number of rotatable bonds is 6.